The van der Waals surface area contributed by atoms with Crippen molar-refractivity contribution in [2.45, 2.75) is 0 Å². The lowest BCUT2D eigenvalue weighted by molar-refractivity contribution is -0.122. The van der Waals surface area contributed by atoms with Gasteiger partial charge in [0.2, 0.25) is 11.7 Å². The van der Waals surface area contributed by atoms with Crippen molar-refractivity contribution in [3.63, 3.8) is 0 Å². The zero-order valence-corrected chi connectivity index (χ0v) is 10.7. The largest absolute Gasteiger partial charge is 0.355 e. The van der Waals surface area contributed by atoms with Gasteiger partial charge in [0.15, 0.2) is 0 Å². The van der Waals surface area contributed by atoms with E-state index < -0.39 is 0 Å². The molecule has 0 aliphatic carbocycles. The fourth-order valence-corrected chi connectivity index (χ4v) is 3.00. The third-order valence-electron chi connectivity index (χ3n) is 4.06. The number of rotatable bonds is 1. The summed E-state index contributed by atoms with van der Waals surface area (Å²) in [7, 11) is 0. The second-order valence-electron chi connectivity index (χ2n) is 5.27. The highest BCUT2D eigenvalue weighted by molar-refractivity contribution is 5.94. The number of hydrogen-bond donors (Lipinski definition) is 1. The van der Waals surface area contributed by atoms with Gasteiger partial charge in [-0.2, -0.15) is 0 Å². The lowest BCUT2D eigenvalue weighted by Crippen LogP contribution is -2.33. The summed E-state index contributed by atoms with van der Waals surface area (Å²) >= 11 is 0. The molecular formula is C13H13N5O2. The zero-order chi connectivity index (χ0) is 13.7. The van der Waals surface area contributed by atoms with E-state index in [1.165, 1.54) is 0 Å². The number of amides is 2. The summed E-state index contributed by atoms with van der Waals surface area (Å²) in [5, 5.41) is 2.84. The molecule has 2 saturated heterocycles. The van der Waals surface area contributed by atoms with Crippen molar-refractivity contribution in [2.75, 3.05) is 19.6 Å². The number of aromatic nitrogens is 3. The molecular weight excluding hydrogens is 258 g/mol. The van der Waals surface area contributed by atoms with Crippen molar-refractivity contribution in [1.29, 1.82) is 0 Å². The van der Waals surface area contributed by atoms with Crippen LogP contribution < -0.4 is 5.32 Å². The van der Waals surface area contributed by atoms with Crippen molar-refractivity contribution < 1.29 is 9.59 Å². The smallest absolute Gasteiger partial charge is 0.274 e. The number of carbonyl (C=O) groups excluding carboxylic acids is 2. The van der Waals surface area contributed by atoms with E-state index in [1.807, 2.05) is 0 Å². The normalized spacial score (nSPS) is 25.0. The van der Waals surface area contributed by atoms with E-state index in [1.54, 1.807) is 34.0 Å². The van der Waals surface area contributed by atoms with E-state index in [4.69, 9.17) is 0 Å². The average Bonchev–Trinajstić information content (AvgIpc) is 3.13. The van der Waals surface area contributed by atoms with Crippen LogP contribution in [-0.2, 0) is 4.79 Å². The Labute approximate surface area is 114 Å². The Morgan fingerprint density at radius 3 is 3.10 bits per heavy atom. The lowest BCUT2D eigenvalue weighted by atomic mass is 10.0. The van der Waals surface area contributed by atoms with E-state index in [0.29, 0.717) is 31.1 Å². The Bertz CT molecular complexity index is 677. The summed E-state index contributed by atoms with van der Waals surface area (Å²) in [4.78, 5) is 34.1. The maximum Gasteiger partial charge on any atom is 0.274 e. The molecule has 2 aromatic rings. The number of nitrogens with one attached hydrogen (secondary N) is 1. The topological polar surface area (TPSA) is 79.6 Å². The van der Waals surface area contributed by atoms with Crippen LogP contribution >= 0.6 is 0 Å². The number of fused-ring (bicyclic) bond motifs is 2. The van der Waals surface area contributed by atoms with Gasteiger partial charge in [-0.05, 0) is 6.07 Å². The molecule has 0 bridgehead atoms. The molecule has 4 heterocycles. The molecule has 2 fully saturated rings. The molecule has 0 saturated carbocycles. The van der Waals surface area contributed by atoms with Crippen molar-refractivity contribution in [1.82, 2.24) is 24.6 Å². The van der Waals surface area contributed by atoms with Crippen LogP contribution in [0.1, 0.15) is 10.5 Å². The fraction of sp³-hybridized carbons (Fsp3) is 0.385. The van der Waals surface area contributed by atoms with E-state index in [0.717, 1.165) is 0 Å². The number of carbonyl (C=O) groups is 2. The van der Waals surface area contributed by atoms with Gasteiger partial charge in [-0.25, -0.2) is 9.97 Å². The summed E-state index contributed by atoms with van der Waals surface area (Å²) in [6, 6.07) is 1.79. The molecule has 2 atom stereocenters. The highest BCUT2D eigenvalue weighted by atomic mass is 16.2. The van der Waals surface area contributed by atoms with Gasteiger partial charge in [0.05, 0.1) is 5.92 Å². The minimum absolute atomic E-state index is 0.0574. The Kier molecular flexibility index (Phi) is 2.29. The summed E-state index contributed by atoms with van der Waals surface area (Å²) in [6.45, 7) is 1.76. The van der Waals surface area contributed by atoms with Gasteiger partial charge in [0.25, 0.3) is 5.91 Å². The first-order valence-electron chi connectivity index (χ1n) is 6.59. The number of imidazole rings is 1. The average molecular weight is 271 g/mol. The van der Waals surface area contributed by atoms with Crippen molar-refractivity contribution in [3.05, 3.63) is 30.4 Å². The van der Waals surface area contributed by atoms with E-state index in [-0.39, 0.29) is 23.7 Å². The van der Waals surface area contributed by atoms with Crippen molar-refractivity contribution in [3.8, 4) is 0 Å². The Balaban J connectivity index is 1.60. The highest BCUT2D eigenvalue weighted by Crippen LogP contribution is 2.28. The Morgan fingerprint density at radius 1 is 1.40 bits per heavy atom. The SMILES string of the molecule is O=C1NC[C@H]2CN(C(=O)c3cn4cccnc4n3)C[C@@H]12. The van der Waals surface area contributed by atoms with Crippen LogP contribution in [0, 0.1) is 11.8 Å². The first-order valence-corrected chi connectivity index (χ1v) is 6.59. The summed E-state index contributed by atoms with van der Waals surface area (Å²) in [6.07, 6.45) is 5.12. The number of likely N-dealkylation sites (tertiary alicyclic amines) is 1. The Hall–Kier alpha value is -2.44. The molecule has 0 radical (unpaired) electrons. The summed E-state index contributed by atoms with van der Waals surface area (Å²) < 4.78 is 1.72. The minimum Gasteiger partial charge on any atom is -0.355 e. The van der Waals surface area contributed by atoms with Gasteiger partial charge in [-0.15, -0.1) is 0 Å². The van der Waals surface area contributed by atoms with Crippen LogP contribution in [0.4, 0.5) is 0 Å². The third kappa shape index (κ3) is 1.59. The molecule has 0 spiro atoms. The monoisotopic (exact) mass is 271 g/mol. The molecule has 0 aromatic carbocycles. The van der Waals surface area contributed by atoms with Gasteiger partial charge < -0.3 is 10.2 Å². The van der Waals surface area contributed by atoms with Crippen LogP contribution in [0.25, 0.3) is 5.78 Å². The number of nitrogens with zero attached hydrogens (tertiary/aromatic N) is 4. The van der Waals surface area contributed by atoms with Gasteiger partial charge in [0, 0.05) is 44.1 Å². The fourth-order valence-electron chi connectivity index (χ4n) is 3.00. The molecule has 102 valence electrons. The van der Waals surface area contributed by atoms with Gasteiger partial charge >= 0.3 is 0 Å². The first kappa shape index (κ1) is 11.4. The maximum absolute atomic E-state index is 12.4. The summed E-state index contributed by atoms with van der Waals surface area (Å²) in [5.41, 5.74) is 0.379. The van der Waals surface area contributed by atoms with E-state index in [9.17, 15) is 9.59 Å². The van der Waals surface area contributed by atoms with Gasteiger partial charge in [-0.3, -0.25) is 14.0 Å². The minimum atomic E-state index is -0.127. The first-order chi connectivity index (χ1) is 9.72. The zero-order valence-electron chi connectivity index (χ0n) is 10.7. The quantitative estimate of drug-likeness (QED) is 0.761. The molecule has 20 heavy (non-hydrogen) atoms. The van der Waals surface area contributed by atoms with Gasteiger partial charge in [-0.1, -0.05) is 0 Å². The second kappa shape index (κ2) is 4.03. The Morgan fingerprint density at radius 2 is 2.30 bits per heavy atom. The molecule has 0 unspecified atom stereocenters. The van der Waals surface area contributed by atoms with Crippen LogP contribution in [0.3, 0.4) is 0 Å². The highest BCUT2D eigenvalue weighted by Gasteiger charge is 2.43. The molecule has 4 rings (SSSR count). The predicted molar refractivity (Wildman–Crippen MR) is 68.9 cm³/mol. The standard InChI is InChI=1S/C13H13N5O2/c19-11-9-6-18(5-8(9)4-15-11)12(20)10-7-17-3-1-2-14-13(17)16-10/h1-3,7-9H,4-6H2,(H,15,19)/t8-,9+/m0/s1. The van der Waals surface area contributed by atoms with Crippen LogP contribution in [0.15, 0.2) is 24.7 Å². The van der Waals surface area contributed by atoms with Crippen LogP contribution in [0.5, 0.6) is 0 Å². The van der Waals surface area contributed by atoms with Crippen LogP contribution in [-0.4, -0.2) is 50.7 Å². The molecule has 2 aliphatic rings. The molecule has 7 heteroatoms. The lowest BCUT2D eigenvalue weighted by Gasteiger charge is -2.15. The van der Waals surface area contributed by atoms with Gasteiger partial charge in [0.1, 0.15) is 5.69 Å². The molecule has 7 nitrogen and oxygen atoms in total. The second-order valence-corrected chi connectivity index (χ2v) is 5.27. The third-order valence-corrected chi connectivity index (χ3v) is 4.06. The molecule has 2 aliphatic heterocycles. The predicted octanol–water partition coefficient (Wildman–Crippen LogP) is -0.453. The molecule has 1 N–H and O–H groups in total. The molecule has 2 aromatic heterocycles. The van der Waals surface area contributed by atoms with E-state index >= 15 is 0 Å². The summed E-state index contributed by atoms with van der Waals surface area (Å²) in [5.74, 6) is 0.614. The van der Waals surface area contributed by atoms with Crippen molar-refractivity contribution in [2.24, 2.45) is 11.8 Å². The number of hydrogen-bond acceptors (Lipinski definition) is 4. The van der Waals surface area contributed by atoms with E-state index in [2.05, 4.69) is 15.3 Å². The van der Waals surface area contributed by atoms with Crippen LogP contribution in [0.2, 0.25) is 0 Å². The maximum atomic E-state index is 12.4. The van der Waals surface area contributed by atoms with Crippen molar-refractivity contribution >= 4 is 17.6 Å². The molecule has 2 amide bonds.